The van der Waals surface area contributed by atoms with Crippen LogP contribution in [0.4, 0.5) is 4.79 Å². The van der Waals surface area contributed by atoms with Crippen molar-refractivity contribution in [2.24, 2.45) is 11.8 Å². The molecule has 0 spiro atoms. The Morgan fingerprint density at radius 3 is 2.39 bits per heavy atom. The van der Waals surface area contributed by atoms with E-state index in [1.807, 2.05) is 6.07 Å². The number of nitrogens with zero attached hydrogens (tertiary/aromatic N) is 3. The number of Topliss-reactive ketones (excluding diaryl/α,β-unsaturated/α-hetero) is 1. The number of rotatable bonds is 6. The van der Waals surface area contributed by atoms with Crippen molar-refractivity contribution in [3.63, 3.8) is 0 Å². The first-order chi connectivity index (χ1) is 18.3. The van der Waals surface area contributed by atoms with Crippen LogP contribution >= 0.6 is 0 Å². The number of ketones is 1. The molecule has 1 aliphatic carbocycles. The molecule has 1 unspecified atom stereocenters. The van der Waals surface area contributed by atoms with Crippen molar-refractivity contribution >= 4 is 29.6 Å². The number of piperazine rings is 1. The van der Waals surface area contributed by atoms with Crippen molar-refractivity contribution in [2.45, 2.75) is 44.1 Å². The second-order valence-corrected chi connectivity index (χ2v) is 10.7. The number of amides is 4. The molecule has 2 N–H and O–H groups in total. The Labute approximate surface area is 221 Å². The van der Waals surface area contributed by atoms with Gasteiger partial charge in [-0.05, 0) is 62.0 Å². The van der Waals surface area contributed by atoms with Gasteiger partial charge in [0, 0.05) is 50.5 Å². The van der Waals surface area contributed by atoms with Crippen molar-refractivity contribution in [3.05, 3.63) is 29.3 Å². The summed E-state index contributed by atoms with van der Waals surface area (Å²) in [5, 5.41) is 13.0. The lowest BCUT2D eigenvalue weighted by Crippen LogP contribution is -2.69. The van der Waals surface area contributed by atoms with E-state index in [0.29, 0.717) is 17.7 Å². The Morgan fingerprint density at radius 2 is 1.74 bits per heavy atom. The number of methoxy groups -OCH3 is 1. The third-order valence-electron chi connectivity index (χ3n) is 8.47. The maximum absolute atomic E-state index is 13.1. The van der Waals surface area contributed by atoms with Crippen LogP contribution in [0.3, 0.4) is 0 Å². The Hall–Kier alpha value is -3.47. The fourth-order valence-corrected chi connectivity index (χ4v) is 6.28. The minimum atomic E-state index is -1.16. The molecule has 3 fully saturated rings. The Balaban J connectivity index is 1.16. The Bertz CT molecular complexity index is 1140. The van der Waals surface area contributed by atoms with Gasteiger partial charge in [-0.15, -0.1) is 0 Å². The minimum Gasteiger partial charge on any atom is -0.497 e. The van der Waals surface area contributed by atoms with Crippen LogP contribution in [0.1, 0.15) is 53.9 Å². The number of urea groups is 1. The zero-order chi connectivity index (χ0) is 27.0. The van der Waals surface area contributed by atoms with E-state index in [1.54, 1.807) is 24.1 Å². The predicted molar refractivity (Wildman–Crippen MR) is 135 cm³/mol. The average molecular weight is 527 g/mol. The van der Waals surface area contributed by atoms with Crippen LogP contribution < -0.4 is 10.1 Å². The Morgan fingerprint density at radius 1 is 1.05 bits per heavy atom. The van der Waals surface area contributed by atoms with Crippen LogP contribution in [0.5, 0.6) is 5.75 Å². The van der Waals surface area contributed by atoms with Crippen LogP contribution in [0.2, 0.25) is 0 Å². The molecule has 0 saturated carbocycles. The number of β-lactam (4-membered cyclic amide) rings is 1. The highest BCUT2D eigenvalue weighted by Gasteiger charge is 2.56. The maximum Gasteiger partial charge on any atom is 0.327 e. The molecule has 0 bridgehead atoms. The molecule has 11 nitrogen and oxygen atoms in total. The van der Waals surface area contributed by atoms with E-state index in [4.69, 9.17) is 4.74 Å². The van der Waals surface area contributed by atoms with Gasteiger partial charge >= 0.3 is 12.0 Å². The van der Waals surface area contributed by atoms with E-state index in [0.717, 1.165) is 36.4 Å². The van der Waals surface area contributed by atoms with Gasteiger partial charge in [0.05, 0.1) is 13.0 Å². The van der Waals surface area contributed by atoms with E-state index in [1.165, 1.54) is 4.90 Å². The third-order valence-corrected chi connectivity index (χ3v) is 8.47. The number of imide groups is 1. The van der Waals surface area contributed by atoms with Crippen molar-refractivity contribution in [3.8, 4) is 5.75 Å². The number of carboxylic acids is 1. The second-order valence-electron chi connectivity index (χ2n) is 10.7. The van der Waals surface area contributed by atoms with Gasteiger partial charge in [-0.3, -0.25) is 14.4 Å². The average Bonchev–Trinajstić information content (AvgIpc) is 3.24. The lowest BCUT2D eigenvalue weighted by Gasteiger charge is -2.47. The summed E-state index contributed by atoms with van der Waals surface area (Å²) in [6.45, 7) is 2.71. The monoisotopic (exact) mass is 526 g/mol. The van der Waals surface area contributed by atoms with Crippen molar-refractivity contribution in [1.29, 1.82) is 0 Å². The molecule has 3 heterocycles. The highest BCUT2D eigenvalue weighted by atomic mass is 16.5. The number of hydrogen-bond acceptors (Lipinski definition) is 7. The Kier molecular flexibility index (Phi) is 7.38. The van der Waals surface area contributed by atoms with E-state index in [2.05, 4.69) is 5.32 Å². The van der Waals surface area contributed by atoms with Crippen LogP contribution in [-0.4, -0.2) is 102 Å². The molecule has 204 valence electrons. The van der Waals surface area contributed by atoms with E-state index >= 15 is 0 Å². The number of ether oxygens (including phenoxy) is 1. The highest BCUT2D eigenvalue weighted by molar-refractivity contribution is 6.07. The molecular formula is C27H34N4O7. The number of nitrogens with one attached hydrogen (secondary N) is 1. The second kappa shape index (κ2) is 10.7. The van der Waals surface area contributed by atoms with Crippen LogP contribution in [0.25, 0.3) is 0 Å². The van der Waals surface area contributed by atoms with Crippen LogP contribution in [-0.2, 0) is 14.4 Å². The van der Waals surface area contributed by atoms with E-state index < -0.39 is 29.9 Å². The molecule has 3 atom stereocenters. The minimum absolute atomic E-state index is 0.0153. The zero-order valence-electron chi connectivity index (χ0n) is 21.6. The first-order valence-electron chi connectivity index (χ1n) is 13.3. The van der Waals surface area contributed by atoms with Crippen molar-refractivity contribution in [2.75, 3.05) is 46.4 Å². The first kappa shape index (κ1) is 26.1. The number of carbonyl (C=O) groups excluding carboxylic acids is 4. The van der Waals surface area contributed by atoms with Gasteiger partial charge < -0.3 is 25.0 Å². The zero-order valence-corrected chi connectivity index (χ0v) is 21.6. The summed E-state index contributed by atoms with van der Waals surface area (Å²) >= 11 is 0. The lowest BCUT2D eigenvalue weighted by atomic mass is 9.78. The largest absolute Gasteiger partial charge is 0.497 e. The van der Waals surface area contributed by atoms with Gasteiger partial charge in [-0.1, -0.05) is 0 Å². The molecule has 3 saturated heterocycles. The SMILES string of the molecule is COc1ccc2c(c1)C(CC(=O)N1CCN(C(=O)N3C(=O)[C@H](CC4CCNCC4)[C@H]3C(=O)O)CC1)CC2=O. The smallest absolute Gasteiger partial charge is 0.327 e. The summed E-state index contributed by atoms with van der Waals surface area (Å²) in [4.78, 5) is 67.5. The third kappa shape index (κ3) is 4.87. The first-order valence-corrected chi connectivity index (χ1v) is 13.3. The number of fused-ring (bicyclic) bond motifs is 1. The van der Waals surface area contributed by atoms with E-state index in [9.17, 15) is 29.1 Å². The van der Waals surface area contributed by atoms with Gasteiger partial charge in [-0.25, -0.2) is 14.5 Å². The van der Waals surface area contributed by atoms with Crippen molar-refractivity contribution < 1.29 is 33.8 Å². The number of piperidine rings is 1. The highest BCUT2D eigenvalue weighted by Crippen LogP contribution is 2.38. The summed E-state index contributed by atoms with van der Waals surface area (Å²) in [5.41, 5.74) is 1.45. The molecule has 4 aliphatic rings. The fourth-order valence-electron chi connectivity index (χ4n) is 6.28. The number of aliphatic carboxylic acids is 1. The number of hydrogen-bond donors (Lipinski definition) is 2. The molecule has 3 aliphatic heterocycles. The summed E-state index contributed by atoms with van der Waals surface area (Å²) in [6, 6.07) is 3.56. The molecule has 1 aromatic carbocycles. The van der Waals surface area contributed by atoms with Gasteiger partial charge in [0.25, 0.3) is 0 Å². The molecule has 38 heavy (non-hydrogen) atoms. The number of likely N-dealkylation sites (tertiary alicyclic amines) is 1. The predicted octanol–water partition coefficient (Wildman–Crippen LogP) is 1.32. The molecular weight excluding hydrogens is 492 g/mol. The molecule has 4 amide bonds. The van der Waals surface area contributed by atoms with Gasteiger partial charge in [-0.2, -0.15) is 0 Å². The number of benzene rings is 1. The van der Waals surface area contributed by atoms with Crippen molar-refractivity contribution in [1.82, 2.24) is 20.0 Å². The number of carboxylic acid groups (broad SMARTS) is 1. The quantitative estimate of drug-likeness (QED) is 0.530. The molecule has 5 rings (SSSR count). The topological polar surface area (TPSA) is 137 Å². The van der Waals surface area contributed by atoms with Gasteiger partial charge in [0.1, 0.15) is 5.75 Å². The standard InChI is InChI=1S/C27H34N4O7/c1-38-18-2-3-19-20(15-18)17(13-22(19)32)14-23(33)29-8-10-30(11-9-29)27(37)31-24(26(35)36)21(25(31)34)12-16-4-6-28-7-5-16/h2-3,15-17,21,24,28H,4-14H2,1H3,(H,35,36)/t17?,21-,24+/m1/s1. The summed E-state index contributed by atoms with van der Waals surface area (Å²) in [6.07, 6.45) is 2.74. The molecule has 0 aromatic heterocycles. The summed E-state index contributed by atoms with van der Waals surface area (Å²) < 4.78 is 5.27. The van der Waals surface area contributed by atoms with Gasteiger partial charge in [0.2, 0.25) is 11.8 Å². The maximum atomic E-state index is 13.1. The summed E-state index contributed by atoms with van der Waals surface area (Å²) in [7, 11) is 1.56. The van der Waals surface area contributed by atoms with Gasteiger partial charge in [0.15, 0.2) is 11.8 Å². The van der Waals surface area contributed by atoms with Crippen LogP contribution in [0.15, 0.2) is 18.2 Å². The molecule has 0 radical (unpaired) electrons. The lowest BCUT2D eigenvalue weighted by molar-refractivity contribution is -0.167. The fraction of sp³-hybridized carbons (Fsp3) is 0.593. The molecule has 1 aromatic rings. The summed E-state index contributed by atoms with van der Waals surface area (Å²) in [5.74, 6) is -1.63. The molecule has 11 heteroatoms. The number of carbonyl (C=O) groups is 5. The van der Waals surface area contributed by atoms with E-state index in [-0.39, 0.29) is 62.5 Å². The van der Waals surface area contributed by atoms with Crippen LogP contribution in [0, 0.1) is 11.8 Å². The normalized spacial score (nSPS) is 25.7.